The molecule has 2 heterocycles. The lowest BCUT2D eigenvalue weighted by molar-refractivity contribution is -0.311. The minimum atomic E-state index is -0.882. The second-order valence-corrected chi connectivity index (χ2v) is 12.5. The number of hydrogen-bond acceptors (Lipinski definition) is 5. The predicted octanol–water partition coefficient (Wildman–Crippen LogP) is 3.94. The van der Waals surface area contributed by atoms with Gasteiger partial charge in [-0.25, -0.2) is 0 Å². The van der Waals surface area contributed by atoms with E-state index in [-0.39, 0.29) is 28.3 Å². The van der Waals surface area contributed by atoms with Gasteiger partial charge in [-0.2, -0.15) is 0 Å². The number of fused-ring (bicyclic) bond motifs is 2. The fraction of sp³-hybridized carbons (Fsp3) is 0.778. The van der Waals surface area contributed by atoms with Crippen molar-refractivity contribution < 1.29 is 19.3 Å². The molecule has 1 aromatic rings. The molecule has 6 aliphatic rings. The third-order valence-corrected chi connectivity index (χ3v) is 11.0. The fourth-order valence-corrected chi connectivity index (χ4v) is 9.01. The number of nitrogens with zero attached hydrogens (tertiary/aromatic N) is 1. The average molecular weight is 442 g/mol. The molecular formula is C27H39NO4. The van der Waals surface area contributed by atoms with Gasteiger partial charge < -0.3 is 24.2 Å². The number of piperidine rings is 1. The summed E-state index contributed by atoms with van der Waals surface area (Å²) in [5.74, 6) is 1.79. The quantitative estimate of drug-likeness (QED) is 0.770. The van der Waals surface area contributed by atoms with Crippen LogP contribution in [0.2, 0.25) is 0 Å². The molecule has 0 radical (unpaired) electrons. The van der Waals surface area contributed by atoms with Crippen LogP contribution in [0.5, 0.6) is 11.5 Å². The largest absolute Gasteiger partial charge is 0.493 e. The van der Waals surface area contributed by atoms with Gasteiger partial charge in [-0.1, -0.05) is 26.8 Å². The van der Waals surface area contributed by atoms with Gasteiger partial charge in [0.2, 0.25) is 0 Å². The highest BCUT2D eigenvalue weighted by atomic mass is 16.6. The van der Waals surface area contributed by atoms with Gasteiger partial charge in [-0.3, -0.25) is 0 Å². The van der Waals surface area contributed by atoms with Gasteiger partial charge in [0.05, 0.1) is 12.7 Å². The first-order valence-electron chi connectivity index (χ1n) is 12.3. The molecule has 4 bridgehead atoms. The van der Waals surface area contributed by atoms with Gasteiger partial charge >= 0.3 is 0 Å². The van der Waals surface area contributed by atoms with Crippen LogP contribution in [0.15, 0.2) is 12.1 Å². The molecule has 4 aliphatic carbocycles. The normalized spacial score (nSPS) is 43.4. The molecule has 2 unspecified atom stereocenters. The van der Waals surface area contributed by atoms with E-state index in [0.29, 0.717) is 6.04 Å². The first-order chi connectivity index (χ1) is 15.0. The molecule has 2 aliphatic heterocycles. The molecule has 5 nitrogen and oxygen atoms in total. The highest BCUT2D eigenvalue weighted by Gasteiger charge is 2.82. The van der Waals surface area contributed by atoms with E-state index in [9.17, 15) is 5.11 Å². The zero-order chi connectivity index (χ0) is 22.9. The van der Waals surface area contributed by atoms with Crippen molar-refractivity contribution >= 4 is 0 Å². The molecule has 0 aromatic heterocycles. The van der Waals surface area contributed by atoms with Crippen LogP contribution >= 0.6 is 0 Å². The summed E-state index contributed by atoms with van der Waals surface area (Å²) in [5.41, 5.74) is 1.17. The van der Waals surface area contributed by atoms with Crippen molar-refractivity contribution in [1.82, 2.24) is 4.90 Å². The molecule has 3 saturated carbocycles. The third kappa shape index (κ3) is 2.01. The molecule has 1 aromatic carbocycles. The summed E-state index contributed by atoms with van der Waals surface area (Å²) in [6.45, 7) is 9.59. The average Bonchev–Trinajstić information content (AvgIpc) is 3.12. The second kappa shape index (κ2) is 6.03. The lowest BCUT2D eigenvalue weighted by Gasteiger charge is -2.75. The highest BCUT2D eigenvalue weighted by molar-refractivity contribution is 5.63. The van der Waals surface area contributed by atoms with E-state index in [1.165, 1.54) is 11.1 Å². The van der Waals surface area contributed by atoms with Gasteiger partial charge in [0.1, 0.15) is 11.7 Å². The molecule has 32 heavy (non-hydrogen) atoms. The Labute approximate surface area is 192 Å². The minimum Gasteiger partial charge on any atom is -0.493 e. The molecule has 5 heteroatoms. The minimum absolute atomic E-state index is 0.00253. The molecule has 4 fully saturated rings. The summed E-state index contributed by atoms with van der Waals surface area (Å²) in [4.78, 5) is 2.60. The number of hydrogen-bond donors (Lipinski definition) is 1. The number of aliphatic hydroxyl groups is 1. The van der Waals surface area contributed by atoms with Crippen LogP contribution in [0.4, 0.5) is 0 Å². The Hall–Kier alpha value is -1.30. The van der Waals surface area contributed by atoms with Gasteiger partial charge in [-0.15, -0.1) is 0 Å². The lowest BCUT2D eigenvalue weighted by Crippen LogP contribution is -2.83. The van der Waals surface area contributed by atoms with Crippen LogP contribution in [-0.2, 0) is 16.6 Å². The highest BCUT2D eigenvalue weighted by Crippen LogP contribution is 2.77. The Bertz CT molecular complexity index is 983. The summed E-state index contributed by atoms with van der Waals surface area (Å²) in [6, 6.07) is 4.82. The third-order valence-electron chi connectivity index (χ3n) is 11.0. The summed E-state index contributed by atoms with van der Waals surface area (Å²) in [7, 11) is 5.89. The zero-order valence-electron chi connectivity index (χ0n) is 20.7. The van der Waals surface area contributed by atoms with Crippen molar-refractivity contribution in [2.75, 3.05) is 27.8 Å². The number of likely N-dealkylation sites (N-methyl/N-ethyl adjacent to an activating group) is 1. The van der Waals surface area contributed by atoms with Crippen LogP contribution < -0.4 is 9.47 Å². The number of likely N-dealkylation sites (tertiary alicyclic amines) is 1. The Morgan fingerprint density at radius 2 is 1.88 bits per heavy atom. The van der Waals surface area contributed by atoms with Crippen molar-refractivity contribution in [2.45, 2.75) is 88.6 Å². The molecule has 7 atom stereocenters. The van der Waals surface area contributed by atoms with E-state index in [0.717, 1.165) is 50.1 Å². The van der Waals surface area contributed by atoms with Gasteiger partial charge in [-0.05, 0) is 69.7 Å². The van der Waals surface area contributed by atoms with E-state index in [1.54, 1.807) is 7.11 Å². The van der Waals surface area contributed by atoms with E-state index in [1.807, 2.05) is 14.0 Å². The Morgan fingerprint density at radius 3 is 2.53 bits per heavy atom. The van der Waals surface area contributed by atoms with Gasteiger partial charge in [0.25, 0.3) is 0 Å². The van der Waals surface area contributed by atoms with E-state index >= 15 is 0 Å². The summed E-state index contributed by atoms with van der Waals surface area (Å²) in [6.07, 6.45) is 5.07. The lowest BCUT2D eigenvalue weighted by atomic mass is 9.33. The number of methoxy groups -OCH3 is 2. The number of benzene rings is 1. The van der Waals surface area contributed by atoms with Crippen LogP contribution in [0.1, 0.15) is 64.5 Å². The number of ether oxygens (including phenoxy) is 3. The van der Waals surface area contributed by atoms with Gasteiger partial charge in [0.15, 0.2) is 11.5 Å². The zero-order valence-corrected chi connectivity index (χ0v) is 20.7. The summed E-state index contributed by atoms with van der Waals surface area (Å²) >= 11 is 0. The molecule has 7 rings (SSSR count). The van der Waals surface area contributed by atoms with E-state index in [2.05, 4.69) is 44.9 Å². The van der Waals surface area contributed by atoms with Crippen molar-refractivity contribution in [2.24, 2.45) is 16.7 Å². The molecule has 0 amide bonds. The van der Waals surface area contributed by atoms with E-state index < -0.39 is 11.2 Å². The maximum Gasteiger partial charge on any atom is 0.165 e. The first-order valence-corrected chi connectivity index (χ1v) is 12.3. The second-order valence-electron chi connectivity index (χ2n) is 12.5. The maximum atomic E-state index is 12.1. The van der Waals surface area contributed by atoms with Crippen LogP contribution in [0.25, 0.3) is 0 Å². The Kier molecular flexibility index (Phi) is 4.00. The van der Waals surface area contributed by atoms with Crippen molar-refractivity contribution in [3.63, 3.8) is 0 Å². The van der Waals surface area contributed by atoms with Crippen LogP contribution in [0.3, 0.4) is 0 Å². The smallest absolute Gasteiger partial charge is 0.165 e. The standard InChI is InChI=1S/C27H39NO4/c1-23(2,3)24(4,29)18-15-25-10-11-27(18,31-7)22-26(25)12-13-28(5)19(25)14-16-8-9-17(30-6)21(32-22)20(16)26/h8-9,18-19,22,29H,10-15H2,1-7H3/t18-,19-,22-,24?,25?,26+,27-/m1/s1. The Morgan fingerprint density at radius 1 is 1.12 bits per heavy atom. The SMILES string of the molecule is COc1ccc2c3c1O[C@H]1[C@@]4(OC)CCC5(C[C@@H]4C(C)(O)C(C)(C)C)[C@@H](C2)N(C)CC[C@]315. The Balaban J connectivity index is 1.65. The number of rotatable bonds is 3. The van der Waals surface area contributed by atoms with Crippen LogP contribution in [-0.4, -0.2) is 61.2 Å². The topological polar surface area (TPSA) is 51.2 Å². The first kappa shape index (κ1) is 21.2. The molecule has 1 N–H and O–H groups in total. The molecule has 2 spiro atoms. The van der Waals surface area contributed by atoms with Crippen molar-refractivity contribution in [1.29, 1.82) is 0 Å². The molecule has 1 saturated heterocycles. The van der Waals surface area contributed by atoms with Gasteiger partial charge in [0, 0.05) is 35.5 Å². The summed E-state index contributed by atoms with van der Waals surface area (Å²) < 4.78 is 19.4. The maximum absolute atomic E-state index is 12.1. The fourth-order valence-electron chi connectivity index (χ4n) is 9.01. The van der Waals surface area contributed by atoms with Crippen LogP contribution in [0, 0.1) is 16.7 Å². The van der Waals surface area contributed by atoms with Crippen molar-refractivity contribution in [3.05, 3.63) is 23.3 Å². The van der Waals surface area contributed by atoms with E-state index in [4.69, 9.17) is 14.2 Å². The monoisotopic (exact) mass is 441 g/mol. The molecular weight excluding hydrogens is 402 g/mol. The van der Waals surface area contributed by atoms with Crippen molar-refractivity contribution in [3.8, 4) is 11.5 Å². The summed E-state index contributed by atoms with van der Waals surface area (Å²) in [5, 5.41) is 12.1. The predicted molar refractivity (Wildman–Crippen MR) is 123 cm³/mol. The molecule has 176 valence electrons.